The normalized spacial score (nSPS) is 18.6. The maximum atomic E-state index is 13.0. The number of hydrogen-bond acceptors (Lipinski definition) is 4. The fourth-order valence-corrected chi connectivity index (χ4v) is 4.92. The Bertz CT molecular complexity index is 809. The first-order valence-corrected chi connectivity index (χ1v) is 11.2. The lowest BCUT2D eigenvalue weighted by molar-refractivity contribution is -0.120. The fraction of sp³-hybridized carbons (Fsp3) is 0.500. The zero-order chi connectivity index (χ0) is 19.3. The van der Waals surface area contributed by atoms with Gasteiger partial charge in [-0.3, -0.25) is 4.79 Å². The van der Waals surface area contributed by atoms with Gasteiger partial charge in [-0.2, -0.15) is 0 Å². The molecule has 0 radical (unpaired) electrons. The molecule has 1 amide bonds. The number of nitrogens with zero attached hydrogens (tertiary/aromatic N) is 3. The van der Waals surface area contributed by atoms with Crippen molar-refractivity contribution in [2.45, 2.75) is 73.9 Å². The van der Waals surface area contributed by atoms with Gasteiger partial charge in [0, 0.05) is 18.5 Å². The molecule has 1 N–H and O–H groups in total. The number of carbonyl (C=O) groups is 1. The molecular weight excluding hydrogens is 368 g/mol. The molecule has 5 nitrogen and oxygen atoms in total. The topological polar surface area (TPSA) is 59.8 Å². The van der Waals surface area contributed by atoms with Crippen molar-refractivity contribution in [3.05, 3.63) is 54.4 Å². The van der Waals surface area contributed by atoms with Crippen molar-refractivity contribution in [3.8, 4) is 0 Å². The highest BCUT2D eigenvalue weighted by Gasteiger charge is 2.31. The molecule has 6 heteroatoms. The van der Waals surface area contributed by atoms with Crippen LogP contribution in [0, 0.1) is 0 Å². The Hall–Kier alpha value is -2.08. The summed E-state index contributed by atoms with van der Waals surface area (Å²) in [4.78, 5) is 13.0. The van der Waals surface area contributed by atoms with Crippen molar-refractivity contribution < 1.29 is 4.79 Å². The van der Waals surface area contributed by atoms with Crippen LogP contribution in [0.5, 0.6) is 0 Å². The number of benzene rings is 1. The standard InChI is InChI=1S/C22H28N4OS/c1-2-15-26-20(17-11-7-4-8-12-17)24-25-22(26)28-19(16-9-5-3-6-10-16)21(27)23-18-13-14-18/h2-3,5-6,9-10,17-19H,1,4,7-8,11-15H2,(H,23,27). The van der Waals surface area contributed by atoms with Crippen molar-refractivity contribution in [1.82, 2.24) is 20.1 Å². The number of nitrogens with one attached hydrogen (secondary N) is 1. The van der Waals surface area contributed by atoms with E-state index in [9.17, 15) is 4.79 Å². The van der Waals surface area contributed by atoms with E-state index < -0.39 is 0 Å². The van der Waals surface area contributed by atoms with E-state index in [4.69, 9.17) is 0 Å². The van der Waals surface area contributed by atoms with Gasteiger partial charge in [-0.25, -0.2) is 0 Å². The summed E-state index contributed by atoms with van der Waals surface area (Å²) in [6.45, 7) is 4.59. The fourth-order valence-electron chi connectivity index (χ4n) is 3.86. The second kappa shape index (κ2) is 8.95. The molecule has 1 heterocycles. The number of aromatic nitrogens is 3. The van der Waals surface area contributed by atoms with E-state index in [1.807, 2.05) is 36.4 Å². The van der Waals surface area contributed by atoms with Crippen LogP contribution in [0.15, 0.2) is 48.1 Å². The Balaban J connectivity index is 1.61. The van der Waals surface area contributed by atoms with Crippen LogP contribution in [0.3, 0.4) is 0 Å². The van der Waals surface area contributed by atoms with Crippen LogP contribution < -0.4 is 5.32 Å². The second-order valence-electron chi connectivity index (χ2n) is 7.77. The van der Waals surface area contributed by atoms with E-state index in [0.29, 0.717) is 18.5 Å². The SMILES string of the molecule is C=CCn1c(SC(C(=O)NC2CC2)c2ccccc2)nnc1C1CCCCC1. The quantitative estimate of drug-likeness (QED) is 0.522. The smallest absolute Gasteiger partial charge is 0.238 e. The Morgan fingerprint density at radius 2 is 1.93 bits per heavy atom. The molecule has 28 heavy (non-hydrogen) atoms. The highest BCUT2D eigenvalue weighted by Crippen LogP contribution is 2.38. The van der Waals surface area contributed by atoms with Gasteiger partial charge in [-0.15, -0.1) is 16.8 Å². The summed E-state index contributed by atoms with van der Waals surface area (Å²) in [5, 5.41) is 12.7. The lowest BCUT2D eigenvalue weighted by atomic mass is 9.89. The van der Waals surface area contributed by atoms with Gasteiger partial charge in [0.2, 0.25) is 5.91 Å². The van der Waals surface area contributed by atoms with Gasteiger partial charge < -0.3 is 9.88 Å². The number of hydrogen-bond donors (Lipinski definition) is 1. The van der Waals surface area contributed by atoms with Gasteiger partial charge >= 0.3 is 0 Å². The van der Waals surface area contributed by atoms with Crippen molar-refractivity contribution in [1.29, 1.82) is 0 Å². The maximum absolute atomic E-state index is 13.0. The van der Waals surface area contributed by atoms with E-state index in [1.54, 1.807) is 0 Å². The molecule has 4 rings (SSSR count). The zero-order valence-electron chi connectivity index (χ0n) is 16.2. The summed E-state index contributed by atoms with van der Waals surface area (Å²) in [5.74, 6) is 1.58. The molecule has 148 valence electrons. The number of thioether (sulfide) groups is 1. The van der Waals surface area contributed by atoms with Gasteiger partial charge in [0.25, 0.3) is 0 Å². The van der Waals surface area contributed by atoms with Gasteiger partial charge in [0.15, 0.2) is 5.16 Å². The molecule has 1 atom stereocenters. The molecular formula is C22H28N4OS. The summed E-state index contributed by atoms with van der Waals surface area (Å²) < 4.78 is 2.16. The van der Waals surface area contributed by atoms with Crippen LogP contribution in [-0.4, -0.2) is 26.7 Å². The van der Waals surface area contributed by atoms with Gasteiger partial charge in [-0.05, 0) is 31.2 Å². The molecule has 2 saturated carbocycles. The summed E-state index contributed by atoms with van der Waals surface area (Å²) in [5.41, 5.74) is 0.998. The Labute approximate surface area is 171 Å². The van der Waals surface area contributed by atoms with Crippen molar-refractivity contribution in [2.75, 3.05) is 0 Å². The zero-order valence-corrected chi connectivity index (χ0v) is 17.0. The molecule has 2 aliphatic rings. The molecule has 2 aromatic rings. The molecule has 1 aromatic heterocycles. The van der Waals surface area contributed by atoms with Gasteiger partial charge in [0.1, 0.15) is 11.1 Å². The first-order chi connectivity index (χ1) is 13.8. The molecule has 1 aromatic carbocycles. The third kappa shape index (κ3) is 4.49. The van der Waals surface area contributed by atoms with Gasteiger partial charge in [-0.1, -0.05) is 67.4 Å². The highest BCUT2D eigenvalue weighted by atomic mass is 32.2. The third-order valence-corrected chi connectivity index (χ3v) is 6.75. The lowest BCUT2D eigenvalue weighted by Crippen LogP contribution is -2.30. The number of amides is 1. The van der Waals surface area contributed by atoms with E-state index in [0.717, 1.165) is 29.4 Å². The Kier molecular flexibility index (Phi) is 6.15. The maximum Gasteiger partial charge on any atom is 0.238 e. The van der Waals surface area contributed by atoms with Crippen LogP contribution >= 0.6 is 11.8 Å². The minimum absolute atomic E-state index is 0.0612. The van der Waals surface area contributed by atoms with E-state index in [-0.39, 0.29) is 11.2 Å². The Morgan fingerprint density at radius 1 is 1.18 bits per heavy atom. The number of rotatable bonds is 8. The van der Waals surface area contributed by atoms with Crippen LogP contribution in [-0.2, 0) is 11.3 Å². The van der Waals surface area contributed by atoms with Gasteiger partial charge in [0.05, 0.1) is 0 Å². The average molecular weight is 397 g/mol. The van der Waals surface area contributed by atoms with E-state index >= 15 is 0 Å². The van der Waals surface area contributed by atoms with Crippen molar-refractivity contribution in [3.63, 3.8) is 0 Å². The van der Waals surface area contributed by atoms with Crippen LogP contribution in [0.4, 0.5) is 0 Å². The van der Waals surface area contributed by atoms with E-state index in [1.165, 1.54) is 43.9 Å². The summed E-state index contributed by atoms with van der Waals surface area (Å²) in [6.07, 6.45) is 10.2. The van der Waals surface area contributed by atoms with Crippen molar-refractivity contribution >= 4 is 17.7 Å². The Morgan fingerprint density at radius 3 is 2.61 bits per heavy atom. The summed E-state index contributed by atoms with van der Waals surface area (Å²) >= 11 is 1.50. The number of carbonyl (C=O) groups excluding carboxylic acids is 1. The predicted octanol–water partition coefficient (Wildman–Crippen LogP) is 4.62. The lowest BCUT2D eigenvalue weighted by Gasteiger charge is -2.22. The van der Waals surface area contributed by atoms with Crippen LogP contribution in [0.25, 0.3) is 0 Å². The summed E-state index contributed by atoms with van der Waals surface area (Å²) in [7, 11) is 0. The first-order valence-electron chi connectivity index (χ1n) is 10.3. The molecule has 2 fully saturated rings. The van der Waals surface area contributed by atoms with E-state index in [2.05, 4.69) is 26.7 Å². The van der Waals surface area contributed by atoms with Crippen LogP contribution in [0.2, 0.25) is 0 Å². The van der Waals surface area contributed by atoms with Crippen molar-refractivity contribution in [2.24, 2.45) is 0 Å². The number of allylic oxidation sites excluding steroid dienone is 1. The first kappa shape index (κ1) is 19.2. The molecule has 0 saturated heterocycles. The monoisotopic (exact) mass is 396 g/mol. The third-order valence-electron chi connectivity index (χ3n) is 5.51. The molecule has 0 bridgehead atoms. The predicted molar refractivity (Wildman–Crippen MR) is 112 cm³/mol. The molecule has 0 aliphatic heterocycles. The molecule has 2 aliphatic carbocycles. The minimum Gasteiger partial charge on any atom is -0.352 e. The van der Waals surface area contributed by atoms with Crippen LogP contribution in [0.1, 0.15) is 67.5 Å². The average Bonchev–Trinajstić information content (AvgIpc) is 3.46. The minimum atomic E-state index is -0.325. The highest BCUT2D eigenvalue weighted by molar-refractivity contribution is 8.00. The molecule has 0 spiro atoms. The second-order valence-corrected chi connectivity index (χ2v) is 8.84. The largest absolute Gasteiger partial charge is 0.352 e. The summed E-state index contributed by atoms with van der Waals surface area (Å²) in [6, 6.07) is 10.3. The molecule has 1 unspecified atom stereocenters.